The molecular weight excluding hydrogens is 466 g/mol. The zero-order chi connectivity index (χ0) is 22.3. The minimum Gasteiger partial charge on any atom is -0.633 e. The Morgan fingerprint density at radius 3 is 2.65 bits per heavy atom. The molecule has 0 aliphatic carbocycles. The maximum Gasteiger partial charge on any atom is 0.197 e. The van der Waals surface area contributed by atoms with Crippen molar-refractivity contribution in [2.75, 3.05) is 20.1 Å². The van der Waals surface area contributed by atoms with Crippen LogP contribution in [0.1, 0.15) is 29.2 Å². The molecule has 1 aliphatic rings. The van der Waals surface area contributed by atoms with E-state index in [2.05, 4.69) is 15.9 Å². The molecule has 3 atom stereocenters. The summed E-state index contributed by atoms with van der Waals surface area (Å²) in [5.74, 6) is -1.06. The van der Waals surface area contributed by atoms with Gasteiger partial charge in [-0.2, -0.15) is 0 Å². The van der Waals surface area contributed by atoms with Crippen molar-refractivity contribution < 1.29 is 24.4 Å². The quantitative estimate of drug-likeness (QED) is 0.380. The first-order chi connectivity index (χ1) is 14.7. The number of aromatic hydroxyl groups is 2. The Morgan fingerprint density at radius 2 is 1.94 bits per heavy atom. The number of piperidine rings is 1. The van der Waals surface area contributed by atoms with Crippen molar-refractivity contribution in [3.63, 3.8) is 0 Å². The average molecular weight is 488 g/mol. The van der Waals surface area contributed by atoms with E-state index in [-0.39, 0.29) is 41.1 Å². The van der Waals surface area contributed by atoms with Gasteiger partial charge in [-0.3, -0.25) is 4.79 Å². The van der Waals surface area contributed by atoms with Crippen LogP contribution in [-0.4, -0.2) is 46.2 Å². The van der Waals surface area contributed by atoms with Crippen LogP contribution in [0.2, 0.25) is 0 Å². The SMILES string of the molecule is C[N+]1([O-])CC[C@H](c2c(O)cc(O)c3c(=O)cc(/C=C/c4ccccc4Br)oc23)[C@H](O)C1. The van der Waals surface area contributed by atoms with Crippen LogP contribution in [0, 0.1) is 5.21 Å². The first kappa shape index (κ1) is 21.6. The molecule has 8 heteroatoms. The number of benzene rings is 2. The second kappa shape index (κ2) is 8.12. The lowest BCUT2D eigenvalue weighted by atomic mass is 9.85. The Bertz CT molecular complexity index is 1230. The molecule has 162 valence electrons. The number of likely N-dealkylation sites (tertiary alicyclic amines) is 1. The molecule has 3 aromatic rings. The average Bonchev–Trinajstić information content (AvgIpc) is 2.68. The smallest absolute Gasteiger partial charge is 0.197 e. The van der Waals surface area contributed by atoms with Gasteiger partial charge in [0.25, 0.3) is 0 Å². The molecule has 31 heavy (non-hydrogen) atoms. The van der Waals surface area contributed by atoms with Crippen molar-refractivity contribution in [2.24, 2.45) is 0 Å². The Morgan fingerprint density at radius 1 is 1.19 bits per heavy atom. The monoisotopic (exact) mass is 487 g/mol. The van der Waals surface area contributed by atoms with Crippen molar-refractivity contribution in [1.29, 1.82) is 0 Å². The number of aliphatic hydroxyl groups is 1. The number of phenols is 2. The zero-order valence-corrected chi connectivity index (χ0v) is 18.4. The van der Waals surface area contributed by atoms with Gasteiger partial charge in [-0.1, -0.05) is 40.2 Å². The summed E-state index contributed by atoms with van der Waals surface area (Å²) in [5, 5.41) is 43.6. The Kier molecular flexibility index (Phi) is 5.65. The van der Waals surface area contributed by atoms with Crippen LogP contribution >= 0.6 is 15.9 Å². The van der Waals surface area contributed by atoms with Gasteiger partial charge in [0.05, 0.1) is 13.6 Å². The van der Waals surface area contributed by atoms with Crippen LogP contribution in [0.5, 0.6) is 11.5 Å². The molecule has 1 aromatic heterocycles. The maximum absolute atomic E-state index is 12.8. The standard InChI is InChI=1S/C23H22BrNO6/c1-25(30)9-8-15(20(29)12-25)21-18(27)11-19(28)22-17(26)10-14(31-23(21)22)7-6-13-4-2-3-5-16(13)24/h2-7,10-11,15,20,27-29H,8-9,12H2,1H3/b7-6+/t15-,20+,25?/m0/s1. The summed E-state index contributed by atoms with van der Waals surface area (Å²) in [4.78, 5) is 12.8. The lowest BCUT2D eigenvalue weighted by Crippen LogP contribution is -2.51. The van der Waals surface area contributed by atoms with Gasteiger partial charge in [0, 0.05) is 34.5 Å². The van der Waals surface area contributed by atoms with Crippen LogP contribution < -0.4 is 5.43 Å². The topological polar surface area (TPSA) is 114 Å². The highest BCUT2D eigenvalue weighted by molar-refractivity contribution is 9.10. The summed E-state index contributed by atoms with van der Waals surface area (Å²) in [7, 11) is 1.49. The second-order valence-electron chi connectivity index (χ2n) is 8.07. The van der Waals surface area contributed by atoms with E-state index in [0.29, 0.717) is 6.42 Å². The third-order valence-electron chi connectivity index (χ3n) is 5.67. The molecule has 2 aromatic carbocycles. The summed E-state index contributed by atoms with van der Waals surface area (Å²) in [6.45, 7) is 0.202. The zero-order valence-electron chi connectivity index (χ0n) is 16.8. The van der Waals surface area contributed by atoms with Gasteiger partial charge in [-0.05, 0) is 17.7 Å². The van der Waals surface area contributed by atoms with Crippen LogP contribution in [-0.2, 0) is 0 Å². The largest absolute Gasteiger partial charge is 0.633 e. The summed E-state index contributed by atoms with van der Waals surface area (Å²) in [6.07, 6.45) is 2.66. The van der Waals surface area contributed by atoms with E-state index in [1.807, 2.05) is 24.3 Å². The Hall–Kier alpha value is -2.65. The number of phenolic OH excluding ortho intramolecular Hbond substituents is 2. The number of rotatable bonds is 3. The van der Waals surface area contributed by atoms with Gasteiger partial charge >= 0.3 is 0 Å². The highest BCUT2D eigenvalue weighted by atomic mass is 79.9. The third-order valence-corrected chi connectivity index (χ3v) is 6.39. The molecule has 1 aliphatic heterocycles. The minimum atomic E-state index is -1.03. The predicted molar refractivity (Wildman–Crippen MR) is 122 cm³/mol. The van der Waals surface area contributed by atoms with Gasteiger partial charge in [0.15, 0.2) is 5.43 Å². The fourth-order valence-electron chi connectivity index (χ4n) is 4.12. The van der Waals surface area contributed by atoms with Crippen LogP contribution in [0.15, 0.2) is 50.1 Å². The predicted octanol–water partition coefficient (Wildman–Crippen LogP) is 3.93. The second-order valence-corrected chi connectivity index (χ2v) is 8.92. The third kappa shape index (κ3) is 4.24. The molecule has 4 rings (SSSR count). The number of quaternary nitrogens is 1. The summed E-state index contributed by atoms with van der Waals surface area (Å²) in [6, 6.07) is 9.88. The van der Waals surface area contributed by atoms with Crippen LogP contribution in [0.4, 0.5) is 0 Å². The Balaban J connectivity index is 1.85. The van der Waals surface area contributed by atoms with Gasteiger partial charge in [0.2, 0.25) is 0 Å². The molecule has 3 N–H and O–H groups in total. The van der Waals surface area contributed by atoms with E-state index >= 15 is 0 Å². The summed E-state index contributed by atoms with van der Waals surface area (Å²) >= 11 is 3.46. The molecule has 0 radical (unpaired) electrons. The van der Waals surface area contributed by atoms with Gasteiger partial charge < -0.3 is 29.6 Å². The lowest BCUT2D eigenvalue weighted by Gasteiger charge is -2.46. The van der Waals surface area contributed by atoms with E-state index in [1.54, 1.807) is 12.2 Å². The molecule has 0 saturated carbocycles. The number of hydroxylamine groups is 3. The van der Waals surface area contributed by atoms with Crippen molar-refractivity contribution in [3.8, 4) is 11.5 Å². The maximum atomic E-state index is 12.8. The number of fused-ring (bicyclic) bond motifs is 1. The van der Waals surface area contributed by atoms with Crippen LogP contribution in [0.3, 0.4) is 0 Å². The number of hydrogen-bond acceptors (Lipinski definition) is 6. The minimum absolute atomic E-state index is 0.0165. The van der Waals surface area contributed by atoms with E-state index < -0.39 is 27.8 Å². The molecule has 0 bridgehead atoms. The number of halogens is 1. The first-order valence-electron chi connectivity index (χ1n) is 9.85. The van der Waals surface area contributed by atoms with Gasteiger partial charge in [-0.15, -0.1) is 0 Å². The van der Waals surface area contributed by atoms with Gasteiger partial charge in [0.1, 0.15) is 40.9 Å². The van der Waals surface area contributed by atoms with Crippen molar-refractivity contribution >= 4 is 39.1 Å². The fourth-order valence-corrected chi connectivity index (χ4v) is 4.53. The van der Waals surface area contributed by atoms with Crippen molar-refractivity contribution in [1.82, 2.24) is 0 Å². The highest BCUT2D eigenvalue weighted by Gasteiger charge is 2.37. The fraction of sp³-hybridized carbons (Fsp3) is 0.261. The highest BCUT2D eigenvalue weighted by Crippen LogP contribution is 2.42. The lowest BCUT2D eigenvalue weighted by molar-refractivity contribution is -0.870. The molecule has 2 heterocycles. The van der Waals surface area contributed by atoms with Crippen molar-refractivity contribution in [2.45, 2.75) is 18.4 Å². The van der Waals surface area contributed by atoms with E-state index in [0.717, 1.165) is 16.1 Å². The Labute approximate surface area is 186 Å². The first-order valence-corrected chi connectivity index (χ1v) is 10.6. The molecule has 1 saturated heterocycles. The number of likely N-dealkylation sites (N-methyl/N-ethyl adjacent to an activating group) is 1. The number of nitrogens with zero attached hydrogens (tertiary/aromatic N) is 1. The van der Waals surface area contributed by atoms with E-state index in [1.165, 1.54) is 13.1 Å². The normalized spacial score (nSPS) is 24.1. The number of hydrogen-bond donors (Lipinski definition) is 3. The molecule has 0 amide bonds. The summed E-state index contributed by atoms with van der Waals surface area (Å²) < 4.78 is 6.22. The van der Waals surface area contributed by atoms with E-state index in [4.69, 9.17) is 4.42 Å². The molecule has 1 unspecified atom stereocenters. The molecular formula is C23H22BrNO6. The van der Waals surface area contributed by atoms with Gasteiger partial charge in [-0.25, -0.2) is 0 Å². The van der Waals surface area contributed by atoms with Crippen LogP contribution in [0.25, 0.3) is 23.1 Å². The van der Waals surface area contributed by atoms with Crippen molar-refractivity contribution in [3.05, 3.63) is 73.2 Å². The molecule has 1 fully saturated rings. The number of aliphatic hydroxyl groups excluding tert-OH is 1. The molecule has 7 nitrogen and oxygen atoms in total. The summed E-state index contributed by atoms with van der Waals surface area (Å²) in [5.41, 5.74) is 0.650. The molecule has 0 spiro atoms. The van der Waals surface area contributed by atoms with E-state index in [9.17, 15) is 25.3 Å².